The van der Waals surface area contributed by atoms with Crippen molar-refractivity contribution in [3.8, 4) is 5.69 Å². The van der Waals surface area contributed by atoms with Crippen LogP contribution in [-0.2, 0) is 11.2 Å². The van der Waals surface area contributed by atoms with Crippen molar-refractivity contribution in [2.45, 2.75) is 52.0 Å². The van der Waals surface area contributed by atoms with Crippen LogP contribution in [-0.4, -0.2) is 57.7 Å². The molecule has 0 atom stereocenters. The zero-order valence-electron chi connectivity index (χ0n) is 17.1. The molecule has 7 heteroatoms. The molecule has 0 N–H and O–H groups in total. The van der Waals surface area contributed by atoms with E-state index < -0.39 is 0 Å². The van der Waals surface area contributed by atoms with Gasteiger partial charge in [0.1, 0.15) is 0 Å². The van der Waals surface area contributed by atoms with Crippen LogP contribution in [0.2, 0.25) is 10.0 Å². The molecule has 0 radical (unpaired) electrons. The number of amides is 1. The highest BCUT2D eigenvalue weighted by molar-refractivity contribution is 6.35. The highest BCUT2D eigenvalue weighted by Gasteiger charge is 2.29. The summed E-state index contributed by atoms with van der Waals surface area (Å²) in [5.74, 6) is 0.192. The Morgan fingerprint density at radius 2 is 1.79 bits per heavy atom. The highest BCUT2D eigenvalue weighted by Crippen LogP contribution is 2.28. The first-order chi connectivity index (χ1) is 13.9. The Hall–Kier alpha value is -1.56. The van der Waals surface area contributed by atoms with Crippen LogP contribution in [0.25, 0.3) is 5.69 Å². The molecule has 0 saturated carbocycles. The third-order valence-electron chi connectivity index (χ3n) is 6.38. The first-order valence-corrected chi connectivity index (χ1v) is 11.2. The van der Waals surface area contributed by atoms with E-state index in [9.17, 15) is 4.79 Å². The highest BCUT2D eigenvalue weighted by atomic mass is 35.5. The average Bonchev–Trinajstić information content (AvgIpc) is 3.33. The molecule has 5 nitrogen and oxygen atoms in total. The van der Waals surface area contributed by atoms with Gasteiger partial charge in [0.15, 0.2) is 0 Å². The lowest BCUT2D eigenvalue weighted by Crippen LogP contribution is -2.46. The molecule has 0 aliphatic carbocycles. The minimum Gasteiger partial charge on any atom is -0.342 e. The summed E-state index contributed by atoms with van der Waals surface area (Å²) in [5, 5.41) is 5.78. The van der Waals surface area contributed by atoms with Crippen molar-refractivity contribution in [1.82, 2.24) is 19.6 Å². The van der Waals surface area contributed by atoms with Gasteiger partial charge in [0.25, 0.3) is 0 Å². The van der Waals surface area contributed by atoms with E-state index in [1.807, 2.05) is 29.5 Å². The van der Waals surface area contributed by atoms with E-state index in [1.165, 1.54) is 25.9 Å². The summed E-state index contributed by atoms with van der Waals surface area (Å²) >= 11 is 12.4. The van der Waals surface area contributed by atoms with Gasteiger partial charge in [-0.2, -0.15) is 5.10 Å². The monoisotopic (exact) mass is 434 g/mol. The molecule has 1 aromatic heterocycles. The summed E-state index contributed by atoms with van der Waals surface area (Å²) < 4.78 is 1.82. The second-order valence-corrected chi connectivity index (χ2v) is 9.03. The van der Waals surface area contributed by atoms with Gasteiger partial charge in [-0.25, -0.2) is 4.68 Å². The van der Waals surface area contributed by atoms with Crippen LogP contribution in [0.4, 0.5) is 0 Å². The SMILES string of the molecule is Cc1nn(-c2ccc(Cl)cc2Cl)c(C)c1CC(=O)N1CCC(N2CCCC2)CC1. The number of hydrogen-bond acceptors (Lipinski definition) is 3. The zero-order chi connectivity index (χ0) is 20.5. The number of piperidine rings is 1. The van der Waals surface area contributed by atoms with Gasteiger partial charge in [0.2, 0.25) is 5.91 Å². The molecule has 0 spiro atoms. The maximum absolute atomic E-state index is 13.0. The summed E-state index contributed by atoms with van der Waals surface area (Å²) in [5.41, 5.74) is 3.59. The standard InChI is InChI=1S/C22H28Cl2N4O/c1-15-19(16(2)28(25-15)21-6-5-17(23)13-20(21)24)14-22(29)27-11-7-18(8-12-27)26-9-3-4-10-26/h5-6,13,18H,3-4,7-12,14H2,1-2H3. The third-order valence-corrected chi connectivity index (χ3v) is 6.92. The Bertz CT molecular complexity index is 896. The molecule has 2 fully saturated rings. The number of likely N-dealkylation sites (tertiary alicyclic amines) is 2. The summed E-state index contributed by atoms with van der Waals surface area (Å²) in [6.07, 6.45) is 5.20. The molecule has 1 aromatic carbocycles. The van der Waals surface area contributed by atoms with Gasteiger partial charge in [-0.3, -0.25) is 4.79 Å². The summed E-state index contributed by atoms with van der Waals surface area (Å²) in [6.45, 7) is 8.11. The third kappa shape index (κ3) is 4.32. The summed E-state index contributed by atoms with van der Waals surface area (Å²) in [6, 6.07) is 6.03. The largest absolute Gasteiger partial charge is 0.342 e. The molecular weight excluding hydrogens is 407 g/mol. The lowest BCUT2D eigenvalue weighted by atomic mass is 10.0. The number of hydrogen-bond donors (Lipinski definition) is 0. The Balaban J connectivity index is 1.44. The normalized spacial score (nSPS) is 18.6. The summed E-state index contributed by atoms with van der Waals surface area (Å²) in [4.78, 5) is 17.6. The van der Waals surface area contributed by atoms with E-state index in [-0.39, 0.29) is 5.91 Å². The number of aromatic nitrogens is 2. The fourth-order valence-corrected chi connectivity index (χ4v) is 5.16. The molecule has 0 unspecified atom stereocenters. The lowest BCUT2D eigenvalue weighted by molar-refractivity contribution is -0.132. The van der Waals surface area contributed by atoms with E-state index in [4.69, 9.17) is 23.2 Å². The van der Waals surface area contributed by atoms with E-state index >= 15 is 0 Å². The average molecular weight is 435 g/mol. The van der Waals surface area contributed by atoms with Gasteiger partial charge in [-0.05, 0) is 70.8 Å². The van der Waals surface area contributed by atoms with E-state index in [0.29, 0.717) is 22.5 Å². The minimum atomic E-state index is 0.192. The maximum atomic E-state index is 13.0. The van der Waals surface area contributed by atoms with Gasteiger partial charge in [-0.1, -0.05) is 23.2 Å². The molecular formula is C22H28Cl2N4O. The number of benzene rings is 1. The van der Waals surface area contributed by atoms with E-state index in [0.717, 1.165) is 48.6 Å². The van der Waals surface area contributed by atoms with Crippen molar-refractivity contribution >= 4 is 29.1 Å². The van der Waals surface area contributed by atoms with Crippen LogP contribution in [0.1, 0.15) is 42.6 Å². The van der Waals surface area contributed by atoms with Gasteiger partial charge >= 0.3 is 0 Å². The first-order valence-electron chi connectivity index (χ1n) is 10.5. The maximum Gasteiger partial charge on any atom is 0.227 e. The van der Waals surface area contributed by atoms with Crippen molar-refractivity contribution < 1.29 is 4.79 Å². The Labute approximate surface area is 182 Å². The van der Waals surface area contributed by atoms with Crippen LogP contribution in [0.5, 0.6) is 0 Å². The number of carbonyl (C=O) groups excluding carboxylic acids is 1. The summed E-state index contributed by atoms with van der Waals surface area (Å²) in [7, 11) is 0. The fraction of sp³-hybridized carbons (Fsp3) is 0.545. The second-order valence-electron chi connectivity index (χ2n) is 8.19. The number of rotatable bonds is 4. The van der Waals surface area contributed by atoms with Gasteiger partial charge in [0, 0.05) is 35.4 Å². The minimum absolute atomic E-state index is 0.192. The van der Waals surface area contributed by atoms with E-state index in [1.54, 1.807) is 12.1 Å². The second kappa shape index (κ2) is 8.66. The zero-order valence-corrected chi connectivity index (χ0v) is 18.6. The molecule has 156 valence electrons. The van der Waals surface area contributed by atoms with Crippen LogP contribution < -0.4 is 0 Å². The Kier molecular flexibility index (Phi) is 6.19. The number of nitrogens with zero attached hydrogens (tertiary/aromatic N) is 4. The Morgan fingerprint density at radius 3 is 2.45 bits per heavy atom. The first kappa shape index (κ1) is 20.7. The van der Waals surface area contributed by atoms with Crippen molar-refractivity contribution in [2.75, 3.05) is 26.2 Å². The van der Waals surface area contributed by atoms with Crippen molar-refractivity contribution in [2.24, 2.45) is 0 Å². The van der Waals surface area contributed by atoms with Crippen LogP contribution >= 0.6 is 23.2 Å². The predicted molar refractivity (Wildman–Crippen MR) is 117 cm³/mol. The number of carbonyl (C=O) groups is 1. The van der Waals surface area contributed by atoms with Crippen LogP contribution in [0.15, 0.2) is 18.2 Å². The lowest BCUT2D eigenvalue weighted by Gasteiger charge is -2.36. The van der Waals surface area contributed by atoms with Crippen LogP contribution in [0, 0.1) is 13.8 Å². The quantitative estimate of drug-likeness (QED) is 0.714. The molecule has 2 aromatic rings. The van der Waals surface area contributed by atoms with Gasteiger partial charge in [-0.15, -0.1) is 0 Å². The van der Waals surface area contributed by atoms with Crippen LogP contribution in [0.3, 0.4) is 0 Å². The fourth-order valence-electron chi connectivity index (χ4n) is 4.67. The molecule has 2 saturated heterocycles. The van der Waals surface area contributed by atoms with Crippen molar-refractivity contribution in [1.29, 1.82) is 0 Å². The molecule has 0 bridgehead atoms. The van der Waals surface area contributed by atoms with Crippen molar-refractivity contribution in [3.05, 3.63) is 45.2 Å². The molecule has 2 aliphatic heterocycles. The molecule has 4 rings (SSSR count). The molecule has 2 aliphatic rings. The smallest absolute Gasteiger partial charge is 0.227 e. The Morgan fingerprint density at radius 1 is 1.10 bits per heavy atom. The molecule has 3 heterocycles. The van der Waals surface area contributed by atoms with E-state index in [2.05, 4.69) is 10.00 Å². The molecule has 1 amide bonds. The number of halogens is 2. The molecule has 29 heavy (non-hydrogen) atoms. The number of aryl methyl sites for hydroxylation is 1. The van der Waals surface area contributed by atoms with Gasteiger partial charge < -0.3 is 9.80 Å². The van der Waals surface area contributed by atoms with Crippen molar-refractivity contribution in [3.63, 3.8) is 0 Å². The predicted octanol–water partition coefficient (Wildman–Crippen LogP) is 4.43. The topological polar surface area (TPSA) is 41.4 Å². The van der Waals surface area contributed by atoms with Gasteiger partial charge in [0.05, 0.1) is 22.8 Å².